The van der Waals surface area contributed by atoms with Gasteiger partial charge >= 0.3 is 0 Å². The van der Waals surface area contributed by atoms with Gasteiger partial charge in [-0.1, -0.05) is 6.92 Å². The van der Waals surface area contributed by atoms with Crippen LogP contribution < -0.4 is 0 Å². The van der Waals surface area contributed by atoms with Gasteiger partial charge in [-0.3, -0.25) is 9.78 Å². The lowest BCUT2D eigenvalue weighted by molar-refractivity contribution is 0.0690. The Kier molecular flexibility index (Phi) is 3.17. The lowest BCUT2D eigenvalue weighted by Gasteiger charge is -2.29. The van der Waals surface area contributed by atoms with Crippen LogP contribution in [0.1, 0.15) is 30.3 Å². The van der Waals surface area contributed by atoms with E-state index in [2.05, 4.69) is 11.9 Å². The van der Waals surface area contributed by atoms with Crippen LogP contribution in [0, 0.1) is 11.7 Å². The van der Waals surface area contributed by atoms with Crippen LogP contribution in [0.25, 0.3) is 0 Å². The Morgan fingerprint density at radius 2 is 2.19 bits per heavy atom. The summed E-state index contributed by atoms with van der Waals surface area (Å²) in [6, 6.07) is 2.44. The van der Waals surface area contributed by atoms with Gasteiger partial charge < -0.3 is 4.90 Å². The summed E-state index contributed by atoms with van der Waals surface area (Å²) in [5.41, 5.74) is 0.203. The van der Waals surface area contributed by atoms with E-state index >= 15 is 0 Å². The third-order valence-corrected chi connectivity index (χ3v) is 3.01. The highest BCUT2D eigenvalue weighted by atomic mass is 19.1. The molecule has 0 atom stereocenters. The number of hydrogen-bond acceptors (Lipinski definition) is 2. The first-order valence-electron chi connectivity index (χ1n) is 5.57. The normalized spacial score (nSPS) is 17.5. The van der Waals surface area contributed by atoms with E-state index in [1.807, 2.05) is 0 Å². The van der Waals surface area contributed by atoms with Crippen molar-refractivity contribution in [2.45, 2.75) is 19.8 Å². The van der Waals surface area contributed by atoms with Crippen molar-refractivity contribution in [3.8, 4) is 0 Å². The molecule has 0 spiro atoms. The third-order valence-electron chi connectivity index (χ3n) is 3.01. The summed E-state index contributed by atoms with van der Waals surface area (Å²) in [6.07, 6.45) is 3.36. The smallest absolute Gasteiger partial charge is 0.272 e. The summed E-state index contributed by atoms with van der Waals surface area (Å²) in [7, 11) is 0. The number of piperidine rings is 1. The van der Waals surface area contributed by atoms with Crippen LogP contribution in [0.3, 0.4) is 0 Å². The van der Waals surface area contributed by atoms with Gasteiger partial charge in [0.05, 0.1) is 0 Å². The molecule has 0 radical (unpaired) electrons. The SMILES string of the molecule is CC1CCN(C(=O)c2cc(F)ccn2)CC1. The van der Waals surface area contributed by atoms with E-state index in [-0.39, 0.29) is 11.6 Å². The molecular formula is C12H15FN2O. The van der Waals surface area contributed by atoms with E-state index in [9.17, 15) is 9.18 Å². The highest BCUT2D eigenvalue weighted by Crippen LogP contribution is 2.17. The Hall–Kier alpha value is -1.45. The second-order valence-electron chi connectivity index (χ2n) is 4.33. The number of carbonyl (C=O) groups excluding carboxylic acids is 1. The van der Waals surface area contributed by atoms with Crippen LogP contribution in [-0.4, -0.2) is 28.9 Å². The Labute approximate surface area is 94.3 Å². The summed E-state index contributed by atoms with van der Waals surface area (Å²) in [5, 5.41) is 0. The molecule has 0 aliphatic carbocycles. The lowest BCUT2D eigenvalue weighted by Crippen LogP contribution is -2.38. The molecule has 3 nitrogen and oxygen atoms in total. The number of aromatic nitrogens is 1. The van der Waals surface area contributed by atoms with E-state index in [4.69, 9.17) is 0 Å². The largest absolute Gasteiger partial charge is 0.337 e. The third kappa shape index (κ3) is 2.38. The summed E-state index contributed by atoms with van der Waals surface area (Å²) in [5.74, 6) is 0.0969. The predicted octanol–water partition coefficient (Wildman–Crippen LogP) is 2.09. The fraction of sp³-hybridized carbons (Fsp3) is 0.500. The molecule has 1 aromatic heterocycles. The maximum absolute atomic E-state index is 12.9. The van der Waals surface area contributed by atoms with Gasteiger partial charge in [0, 0.05) is 25.4 Å². The topological polar surface area (TPSA) is 33.2 Å². The number of hydrogen-bond donors (Lipinski definition) is 0. The van der Waals surface area contributed by atoms with Crippen LogP contribution in [0.5, 0.6) is 0 Å². The van der Waals surface area contributed by atoms with E-state index in [0.29, 0.717) is 5.92 Å². The van der Waals surface area contributed by atoms with Crippen molar-refractivity contribution < 1.29 is 9.18 Å². The van der Waals surface area contributed by atoms with Gasteiger partial charge in [0.2, 0.25) is 0 Å². The number of nitrogens with zero attached hydrogens (tertiary/aromatic N) is 2. The van der Waals surface area contributed by atoms with Crippen molar-refractivity contribution in [1.29, 1.82) is 0 Å². The fourth-order valence-corrected chi connectivity index (χ4v) is 1.90. The minimum Gasteiger partial charge on any atom is -0.337 e. The van der Waals surface area contributed by atoms with Crippen LogP contribution >= 0.6 is 0 Å². The average Bonchev–Trinajstić information content (AvgIpc) is 2.29. The molecule has 16 heavy (non-hydrogen) atoms. The van der Waals surface area contributed by atoms with Crippen molar-refractivity contribution in [3.05, 3.63) is 29.8 Å². The van der Waals surface area contributed by atoms with E-state index in [1.54, 1.807) is 4.90 Å². The van der Waals surface area contributed by atoms with E-state index < -0.39 is 5.82 Å². The second-order valence-corrected chi connectivity index (χ2v) is 4.33. The number of pyridine rings is 1. The summed E-state index contributed by atoms with van der Waals surface area (Å²) >= 11 is 0. The summed E-state index contributed by atoms with van der Waals surface area (Å²) in [6.45, 7) is 3.68. The van der Waals surface area contributed by atoms with Gasteiger partial charge in [0.15, 0.2) is 0 Å². The first-order chi connectivity index (χ1) is 7.66. The van der Waals surface area contributed by atoms with Gasteiger partial charge in [-0.05, 0) is 24.8 Å². The van der Waals surface area contributed by atoms with Gasteiger partial charge in [-0.15, -0.1) is 0 Å². The number of carbonyl (C=O) groups is 1. The number of rotatable bonds is 1. The van der Waals surface area contributed by atoms with Gasteiger partial charge in [-0.2, -0.15) is 0 Å². The van der Waals surface area contributed by atoms with Gasteiger partial charge in [0.25, 0.3) is 5.91 Å². The van der Waals surface area contributed by atoms with Crippen LogP contribution in [-0.2, 0) is 0 Å². The molecule has 0 bridgehead atoms. The summed E-state index contributed by atoms with van der Waals surface area (Å²) < 4.78 is 12.9. The molecule has 86 valence electrons. The molecule has 0 N–H and O–H groups in total. The van der Waals surface area contributed by atoms with Crippen LogP contribution in [0.15, 0.2) is 18.3 Å². The lowest BCUT2D eigenvalue weighted by atomic mass is 9.99. The first-order valence-corrected chi connectivity index (χ1v) is 5.57. The molecule has 2 rings (SSSR count). The maximum atomic E-state index is 12.9. The predicted molar refractivity (Wildman–Crippen MR) is 58.5 cm³/mol. The monoisotopic (exact) mass is 222 g/mol. The Balaban J connectivity index is 2.08. The molecule has 1 aliphatic heterocycles. The van der Waals surface area contributed by atoms with Gasteiger partial charge in [0.1, 0.15) is 11.5 Å². The highest BCUT2D eigenvalue weighted by Gasteiger charge is 2.22. The molecule has 1 saturated heterocycles. The van der Waals surface area contributed by atoms with E-state index in [0.717, 1.165) is 25.9 Å². The molecule has 0 aromatic carbocycles. The fourth-order valence-electron chi connectivity index (χ4n) is 1.90. The Morgan fingerprint density at radius 1 is 1.50 bits per heavy atom. The molecule has 1 aliphatic rings. The zero-order chi connectivity index (χ0) is 11.5. The number of amides is 1. The second kappa shape index (κ2) is 4.60. The zero-order valence-electron chi connectivity index (χ0n) is 9.32. The van der Waals surface area contributed by atoms with Crippen LogP contribution in [0.2, 0.25) is 0 Å². The standard InChI is InChI=1S/C12H15FN2O/c1-9-3-6-15(7-4-9)12(16)11-8-10(13)2-5-14-11/h2,5,8-9H,3-4,6-7H2,1H3. The maximum Gasteiger partial charge on any atom is 0.272 e. The molecule has 2 heterocycles. The van der Waals surface area contributed by atoms with Crippen molar-refractivity contribution in [1.82, 2.24) is 9.88 Å². The van der Waals surface area contributed by atoms with Crippen molar-refractivity contribution in [2.24, 2.45) is 5.92 Å². The molecule has 1 amide bonds. The number of likely N-dealkylation sites (tertiary alicyclic amines) is 1. The summed E-state index contributed by atoms with van der Waals surface area (Å²) in [4.78, 5) is 17.6. The molecule has 4 heteroatoms. The average molecular weight is 222 g/mol. The van der Waals surface area contributed by atoms with Crippen molar-refractivity contribution in [2.75, 3.05) is 13.1 Å². The molecule has 0 saturated carbocycles. The Morgan fingerprint density at radius 3 is 2.81 bits per heavy atom. The molecular weight excluding hydrogens is 207 g/mol. The van der Waals surface area contributed by atoms with Gasteiger partial charge in [-0.25, -0.2) is 4.39 Å². The minimum atomic E-state index is -0.413. The number of halogens is 1. The quantitative estimate of drug-likeness (QED) is 0.729. The molecule has 0 unspecified atom stereocenters. The molecule has 1 fully saturated rings. The van der Waals surface area contributed by atoms with E-state index in [1.165, 1.54) is 18.3 Å². The Bertz CT molecular complexity index is 386. The van der Waals surface area contributed by atoms with Crippen molar-refractivity contribution >= 4 is 5.91 Å². The molecule has 1 aromatic rings. The van der Waals surface area contributed by atoms with Crippen molar-refractivity contribution in [3.63, 3.8) is 0 Å². The van der Waals surface area contributed by atoms with Crippen LogP contribution in [0.4, 0.5) is 4.39 Å². The minimum absolute atomic E-state index is 0.161. The zero-order valence-corrected chi connectivity index (χ0v) is 9.32. The highest BCUT2D eigenvalue weighted by molar-refractivity contribution is 5.92. The first kappa shape index (κ1) is 11.0.